The summed E-state index contributed by atoms with van der Waals surface area (Å²) in [5.41, 5.74) is 1.12. The summed E-state index contributed by atoms with van der Waals surface area (Å²) < 4.78 is 5.31. The first-order valence-electron chi connectivity index (χ1n) is 5.31. The van der Waals surface area contributed by atoms with Crippen LogP contribution in [0, 0.1) is 0 Å². The highest BCUT2D eigenvalue weighted by atomic mass is 35.5. The van der Waals surface area contributed by atoms with Crippen molar-refractivity contribution >= 4 is 11.6 Å². The first-order valence-corrected chi connectivity index (χ1v) is 5.69. The molecule has 0 bridgehead atoms. The van der Waals surface area contributed by atoms with Crippen LogP contribution >= 0.6 is 11.6 Å². The first-order chi connectivity index (χ1) is 7.71. The van der Waals surface area contributed by atoms with Crippen LogP contribution in [-0.4, -0.2) is 20.2 Å². The lowest BCUT2D eigenvalue weighted by atomic mass is 10.0. The number of benzene rings is 1. The minimum atomic E-state index is 0.366. The molecule has 0 heterocycles. The standard InChI is InChI=1S/C13H18ClNO/c1-4-5-12(15-2)9-10-8-11(14)6-7-13(10)16-3/h4,6-8,12,15H,1,5,9H2,2-3H3. The molecule has 0 spiro atoms. The van der Waals surface area contributed by atoms with E-state index in [1.54, 1.807) is 7.11 Å². The summed E-state index contributed by atoms with van der Waals surface area (Å²) in [6.07, 6.45) is 3.72. The quantitative estimate of drug-likeness (QED) is 0.771. The molecule has 0 fully saturated rings. The second-order valence-electron chi connectivity index (χ2n) is 3.67. The normalized spacial score (nSPS) is 12.2. The second kappa shape index (κ2) is 6.56. The van der Waals surface area contributed by atoms with E-state index < -0.39 is 0 Å². The van der Waals surface area contributed by atoms with E-state index in [2.05, 4.69) is 11.9 Å². The van der Waals surface area contributed by atoms with Gasteiger partial charge in [-0.15, -0.1) is 6.58 Å². The van der Waals surface area contributed by atoms with Gasteiger partial charge < -0.3 is 10.1 Å². The molecule has 1 rings (SSSR count). The van der Waals surface area contributed by atoms with Crippen molar-refractivity contribution in [2.45, 2.75) is 18.9 Å². The van der Waals surface area contributed by atoms with Crippen LogP contribution in [0.5, 0.6) is 5.75 Å². The molecule has 88 valence electrons. The van der Waals surface area contributed by atoms with Crippen LogP contribution in [0.3, 0.4) is 0 Å². The molecule has 16 heavy (non-hydrogen) atoms. The van der Waals surface area contributed by atoms with Crippen LogP contribution in [0.2, 0.25) is 5.02 Å². The number of likely N-dealkylation sites (N-methyl/N-ethyl adjacent to an activating group) is 1. The second-order valence-corrected chi connectivity index (χ2v) is 4.11. The third kappa shape index (κ3) is 3.54. The van der Waals surface area contributed by atoms with E-state index in [-0.39, 0.29) is 0 Å². The predicted octanol–water partition coefficient (Wildman–Crippen LogP) is 3.06. The van der Waals surface area contributed by atoms with Gasteiger partial charge in [0.25, 0.3) is 0 Å². The summed E-state index contributed by atoms with van der Waals surface area (Å²) in [5.74, 6) is 0.883. The molecule has 0 saturated carbocycles. The number of hydrogen-bond acceptors (Lipinski definition) is 2. The van der Waals surface area contributed by atoms with Gasteiger partial charge in [0.05, 0.1) is 7.11 Å². The maximum atomic E-state index is 5.98. The van der Waals surface area contributed by atoms with Crippen molar-refractivity contribution in [2.24, 2.45) is 0 Å². The molecule has 0 aliphatic heterocycles. The smallest absolute Gasteiger partial charge is 0.122 e. The Morgan fingerprint density at radius 3 is 2.88 bits per heavy atom. The molecule has 1 unspecified atom stereocenters. The maximum Gasteiger partial charge on any atom is 0.122 e. The highest BCUT2D eigenvalue weighted by molar-refractivity contribution is 6.30. The zero-order valence-corrected chi connectivity index (χ0v) is 10.6. The SMILES string of the molecule is C=CCC(Cc1cc(Cl)ccc1OC)NC. The fourth-order valence-corrected chi connectivity index (χ4v) is 1.87. The minimum Gasteiger partial charge on any atom is -0.496 e. The van der Waals surface area contributed by atoms with E-state index in [0.717, 1.165) is 29.2 Å². The molecule has 1 atom stereocenters. The Labute approximate surface area is 102 Å². The van der Waals surface area contributed by atoms with Crippen LogP contribution in [0.4, 0.5) is 0 Å². The van der Waals surface area contributed by atoms with Crippen molar-refractivity contribution in [3.8, 4) is 5.75 Å². The van der Waals surface area contributed by atoms with E-state index in [9.17, 15) is 0 Å². The monoisotopic (exact) mass is 239 g/mol. The molecule has 1 aromatic rings. The van der Waals surface area contributed by atoms with E-state index >= 15 is 0 Å². The van der Waals surface area contributed by atoms with Crippen molar-refractivity contribution in [2.75, 3.05) is 14.2 Å². The number of rotatable bonds is 6. The van der Waals surface area contributed by atoms with Crippen LogP contribution in [0.15, 0.2) is 30.9 Å². The summed E-state index contributed by atoms with van der Waals surface area (Å²) in [6.45, 7) is 3.75. The molecule has 0 amide bonds. The summed E-state index contributed by atoms with van der Waals surface area (Å²) in [7, 11) is 3.62. The lowest BCUT2D eigenvalue weighted by molar-refractivity contribution is 0.406. The van der Waals surface area contributed by atoms with Crippen LogP contribution in [-0.2, 0) is 6.42 Å². The number of methoxy groups -OCH3 is 1. The molecule has 0 aliphatic rings. The number of nitrogens with one attached hydrogen (secondary N) is 1. The fourth-order valence-electron chi connectivity index (χ4n) is 1.68. The topological polar surface area (TPSA) is 21.3 Å². The van der Waals surface area contributed by atoms with Gasteiger partial charge in [-0.25, -0.2) is 0 Å². The Hall–Kier alpha value is -0.990. The maximum absolute atomic E-state index is 5.98. The first kappa shape index (κ1) is 13.1. The largest absolute Gasteiger partial charge is 0.496 e. The van der Waals surface area contributed by atoms with Crippen LogP contribution in [0.1, 0.15) is 12.0 Å². The van der Waals surface area contributed by atoms with Crippen molar-refractivity contribution in [1.82, 2.24) is 5.32 Å². The molecule has 0 saturated heterocycles. The molecule has 0 aliphatic carbocycles. The van der Waals surface area contributed by atoms with E-state index in [4.69, 9.17) is 16.3 Å². The van der Waals surface area contributed by atoms with E-state index in [0.29, 0.717) is 6.04 Å². The fraction of sp³-hybridized carbons (Fsp3) is 0.385. The predicted molar refractivity (Wildman–Crippen MR) is 69.4 cm³/mol. The highest BCUT2D eigenvalue weighted by Gasteiger charge is 2.10. The van der Waals surface area contributed by atoms with Crippen molar-refractivity contribution in [1.29, 1.82) is 0 Å². The molecule has 0 aromatic heterocycles. The third-order valence-electron chi connectivity index (χ3n) is 2.57. The Bertz CT molecular complexity index is 352. The van der Waals surface area contributed by atoms with Gasteiger partial charge in [-0.05, 0) is 43.7 Å². The average molecular weight is 240 g/mol. The van der Waals surface area contributed by atoms with Gasteiger partial charge in [-0.3, -0.25) is 0 Å². The zero-order chi connectivity index (χ0) is 12.0. The number of halogens is 1. The van der Waals surface area contributed by atoms with Gasteiger partial charge in [0, 0.05) is 11.1 Å². The lowest BCUT2D eigenvalue weighted by Gasteiger charge is -2.16. The van der Waals surface area contributed by atoms with Crippen molar-refractivity contribution in [3.05, 3.63) is 41.4 Å². The summed E-state index contributed by atoms with van der Waals surface area (Å²) in [6, 6.07) is 6.06. The van der Waals surface area contributed by atoms with Gasteiger partial charge in [-0.1, -0.05) is 17.7 Å². The van der Waals surface area contributed by atoms with Crippen molar-refractivity contribution < 1.29 is 4.74 Å². The van der Waals surface area contributed by atoms with Gasteiger partial charge in [0.2, 0.25) is 0 Å². The summed E-state index contributed by atoms with van der Waals surface area (Å²) in [4.78, 5) is 0. The molecular weight excluding hydrogens is 222 g/mol. The minimum absolute atomic E-state index is 0.366. The van der Waals surface area contributed by atoms with Crippen LogP contribution in [0.25, 0.3) is 0 Å². The Balaban J connectivity index is 2.84. The molecular formula is C13H18ClNO. The van der Waals surface area contributed by atoms with E-state index in [1.165, 1.54) is 0 Å². The Morgan fingerprint density at radius 1 is 1.56 bits per heavy atom. The van der Waals surface area contributed by atoms with Gasteiger partial charge in [0.15, 0.2) is 0 Å². The van der Waals surface area contributed by atoms with Gasteiger partial charge in [-0.2, -0.15) is 0 Å². The Kier molecular flexibility index (Phi) is 5.36. The molecule has 2 nitrogen and oxygen atoms in total. The molecule has 1 aromatic carbocycles. The average Bonchev–Trinajstić information content (AvgIpc) is 2.29. The molecule has 3 heteroatoms. The number of ether oxygens (including phenoxy) is 1. The summed E-state index contributed by atoms with van der Waals surface area (Å²) >= 11 is 5.98. The molecule has 1 N–H and O–H groups in total. The lowest BCUT2D eigenvalue weighted by Crippen LogP contribution is -2.26. The van der Waals surface area contributed by atoms with Gasteiger partial charge >= 0.3 is 0 Å². The van der Waals surface area contributed by atoms with E-state index in [1.807, 2.05) is 31.3 Å². The summed E-state index contributed by atoms with van der Waals surface area (Å²) in [5, 5.41) is 3.99. The third-order valence-corrected chi connectivity index (χ3v) is 2.80. The van der Waals surface area contributed by atoms with Crippen LogP contribution < -0.4 is 10.1 Å². The van der Waals surface area contributed by atoms with Gasteiger partial charge in [0.1, 0.15) is 5.75 Å². The zero-order valence-electron chi connectivity index (χ0n) is 9.79. The molecule has 0 radical (unpaired) electrons. The van der Waals surface area contributed by atoms with Crippen molar-refractivity contribution in [3.63, 3.8) is 0 Å². The highest BCUT2D eigenvalue weighted by Crippen LogP contribution is 2.24. The number of hydrogen-bond donors (Lipinski definition) is 1. The Morgan fingerprint density at radius 2 is 2.31 bits per heavy atom.